The number of hydrogen-bond acceptors (Lipinski definition) is 4. The first-order valence-electron chi connectivity index (χ1n) is 9.32. The van der Waals surface area contributed by atoms with Crippen LogP contribution in [0.15, 0.2) is 51.8 Å². The van der Waals surface area contributed by atoms with Crippen LogP contribution in [0.3, 0.4) is 0 Å². The van der Waals surface area contributed by atoms with E-state index in [1.165, 1.54) is 6.07 Å². The van der Waals surface area contributed by atoms with Gasteiger partial charge in [0.1, 0.15) is 16.8 Å². The van der Waals surface area contributed by atoms with Crippen LogP contribution in [0.2, 0.25) is 0 Å². The highest BCUT2D eigenvalue weighted by molar-refractivity contribution is 9.10. The second-order valence-electron chi connectivity index (χ2n) is 7.20. The summed E-state index contributed by atoms with van der Waals surface area (Å²) >= 11 is 3.39. The predicted molar refractivity (Wildman–Crippen MR) is 108 cm³/mol. The quantitative estimate of drug-likeness (QED) is 0.709. The highest BCUT2D eigenvalue weighted by Crippen LogP contribution is 2.27. The van der Waals surface area contributed by atoms with Crippen molar-refractivity contribution in [3.8, 4) is 0 Å². The smallest absolute Gasteiger partial charge is 0.254 e. The molecule has 1 aliphatic heterocycles. The van der Waals surface area contributed by atoms with Crippen LogP contribution in [-0.4, -0.2) is 45.0 Å². The number of morpholine rings is 1. The van der Waals surface area contributed by atoms with Crippen molar-refractivity contribution in [3.05, 3.63) is 63.9 Å². The van der Waals surface area contributed by atoms with Gasteiger partial charge >= 0.3 is 0 Å². The number of carbonyl (C=O) groups is 1. The summed E-state index contributed by atoms with van der Waals surface area (Å²) in [7, 11) is -4.00. The van der Waals surface area contributed by atoms with Crippen molar-refractivity contribution < 1.29 is 22.3 Å². The molecule has 29 heavy (non-hydrogen) atoms. The van der Waals surface area contributed by atoms with Gasteiger partial charge in [0.25, 0.3) is 5.91 Å². The third-order valence-corrected chi connectivity index (χ3v) is 7.03. The topological polar surface area (TPSA) is 75.7 Å². The van der Waals surface area contributed by atoms with Crippen molar-refractivity contribution in [1.29, 1.82) is 0 Å². The van der Waals surface area contributed by atoms with Crippen LogP contribution in [0.1, 0.15) is 34.9 Å². The first-order valence-corrected chi connectivity index (χ1v) is 11.6. The van der Waals surface area contributed by atoms with Crippen LogP contribution in [-0.2, 0) is 14.8 Å². The Morgan fingerprint density at radius 3 is 2.59 bits per heavy atom. The summed E-state index contributed by atoms with van der Waals surface area (Å²) in [6.45, 7) is 1.08. The molecule has 2 aromatic carbocycles. The Labute approximate surface area is 177 Å². The van der Waals surface area contributed by atoms with Crippen LogP contribution in [0, 0.1) is 5.82 Å². The molecule has 1 saturated carbocycles. The maximum atomic E-state index is 14.2. The van der Waals surface area contributed by atoms with Crippen molar-refractivity contribution in [2.75, 3.05) is 19.7 Å². The summed E-state index contributed by atoms with van der Waals surface area (Å²) in [5, 5.41) is 0. The fourth-order valence-corrected chi connectivity index (χ4v) is 4.89. The van der Waals surface area contributed by atoms with E-state index in [2.05, 4.69) is 20.7 Å². The van der Waals surface area contributed by atoms with Crippen molar-refractivity contribution >= 4 is 31.9 Å². The van der Waals surface area contributed by atoms with Crippen molar-refractivity contribution in [2.45, 2.75) is 29.9 Å². The maximum absolute atomic E-state index is 14.2. The van der Waals surface area contributed by atoms with Gasteiger partial charge in [-0.3, -0.25) is 4.79 Å². The monoisotopic (exact) mass is 482 g/mol. The molecule has 1 N–H and O–H groups in total. The molecule has 0 radical (unpaired) electrons. The number of halogens is 2. The zero-order valence-corrected chi connectivity index (χ0v) is 17.9. The van der Waals surface area contributed by atoms with Crippen LogP contribution < -0.4 is 4.72 Å². The molecule has 6 nitrogen and oxygen atoms in total. The van der Waals surface area contributed by atoms with E-state index in [9.17, 15) is 17.6 Å². The van der Waals surface area contributed by atoms with Gasteiger partial charge in [-0.2, -0.15) is 0 Å². The minimum absolute atomic E-state index is 0.138. The number of ether oxygens (including phenoxy) is 1. The molecule has 0 bridgehead atoms. The zero-order valence-electron chi connectivity index (χ0n) is 15.5. The molecule has 1 saturated heterocycles. The van der Waals surface area contributed by atoms with Gasteiger partial charge in [-0.15, -0.1) is 0 Å². The Bertz CT molecular complexity index is 1030. The summed E-state index contributed by atoms with van der Waals surface area (Å²) in [5.74, 6) is -1.22. The third kappa shape index (κ3) is 4.69. The molecule has 2 aromatic rings. The van der Waals surface area contributed by atoms with Crippen LogP contribution in [0.5, 0.6) is 0 Å². The Morgan fingerprint density at radius 1 is 1.17 bits per heavy atom. The van der Waals surface area contributed by atoms with Crippen molar-refractivity contribution in [2.24, 2.45) is 0 Å². The maximum Gasteiger partial charge on any atom is 0.254 e. The average Bonchev–Trinajstić information content (AvgIpc) is 3.51. The normalized spacial score (nSPS) is 19.9. The molecule has 9 heteroatoms. The van der Waals surface area contributed by atoms with Gasteiger partial charge < -0.3 is 9.64 Å². The molecule has 1 aliphatic carbocycles. The highest BCUT2D eigenvalue weighted by Gasteiger charge is 2.31. The fraction of sp³-hybridized carbons (Fsp3) is 0.350. The largest absolute Gasteiger partial charge is 0.370 e. The molecule has 1 heterocycles. The van der Waals surface area contributed by atoms with E-state index >= 15 is 0 Å². The minimum Gasteiger partial charge on any atom is -0.370 e. The number of amides is 1. The standard InChI is InChI=1S/C20H20BrFN2O4S/c21-15-4-1-13(2-5-15)18-12-24(9-10-28-18)20(25)14-3-8-17(22)19(11-14)29(26,27)23-16-6-7-16/h1-5,8,11,16,18,23H,6-7,9-10,12H2. The number of carbonyl (C=O) groups excluding carboxylic acids is 1. The van der Waals surface area contributed by atoms with Gasteiger partial charge in [0, 0.05) is 22.6 Å². The number of benzene rings is 2. The van der Waals surface area contributed by atoms with E-state index < -0.39 is 20.7 Å². The Kier molecular flexibility index (Phi) is 5.74. The fourth-order valence-electron chi connectivity index (χ4n) is 3.22. The zero-order chi connectivity index (χ0) is 20.6. The molecule has 154 valence electrons. The molecule has 2 aliphatic rings. The van der Waals surface area contributed by atoms with Crippen LogP contribution >= 0.6 is 15.9 Å². The average molecular weight is 483 g/mol. The lowest BCUT2D eigenvalue weighted by Gasteiger charge is -2.33. The number of nitrogens with one attached hydrogen (secondary N) is 1. The van der Waals surface area contributed by atoms with Gasteiger partial charge in [0.05, 0.1) is 13.2 Å². The van der Waals surface area contributed by atoms with E-state index in [1.54, 1.807) is 4.90 Å². The summed E-state index contributed by atoms with van der Waals surface area (Å²) in [4.78, 5) is 14.1. The molecule has 2 fully saturated rings. The molecule has 4 rings (SSSR count). The lowest BCUT2D eigenvalue weighted by Crippen LogP contribution is -2.42. The SMILES string of the molecule is O=C(c1ccc(F)c(S(=O)(=O)NC2CC2)c1)N1CCOC(c2ccc(Br)cc2)C1. The summed E-state index contributed by atoms with van der Waals surface area (Å²) in [6.07, 6.45) is 1.20. The molecule has 0 spiro atoms. The molecule has 1 amide bonds. The molecular weight excluding hydrogens is 463 g/mol. The van der Waals surface area contributed by atoms with Gasteiger partial charge in [-0.05, 0) is 48.7 Å². The van der Waals surface area contributed by atoms with Crippen LogP contribution in [0.25, 0.3) is 0 Å². The predicted octanol–water partition coefficient (Wildman–Crippen LogP) is 3.24. The lowest BCUT2D eigenvalue weighted by molar-refractivity contribution is -0.0228. The number of nitrogens with zero attached hydrogens (tertiary/aromatic N) is 1. The van der Waals surface area contributed by atoms with Gasteiger partial charge in [-0.1, -0.05) is 28.1 Å². The Balaban J connectivity index is 1.54. The van der Waals surface area contributed by atoms with E-state index in [1.807, 2.05) is 24.3 Å². The molecule has 1 unspecified atom stereocenters. The number of sulfonamides is 1. The molecular formula is C20H20BrFN2O4S. The highest BCUT2D eigenvalue weighted by atomic mass is 79.9. The van der Waals surface area contributed by atoms with E-state index in [4.69, 9.17) is 4.74 Å². The second-order valence-corrected chi connectivity index (χ2v) is 9.80. The Morgan fingerprint density at radius 2 is 1.90 bits per heavy atom. The first-order chi connectivity index (χ1) is 13.8. The third-order valence-electron chi connectivity index (χ3n) is 4.96. The van der Waals surface area contributed by atoms with Crippen LogP contribution in [0.4, 0.5) is 4.39 Å². The van der Waals surface area contributed by atoms with Gasteiger partial charge in [0.2, 0.25) is 10.0 Å². The van der Waals surface area contributed by atoms with Gasteiger partial charge in [-0.25, -0.2) is 17.5 Å². The second kappa shape index (κ2) is 8.14. The first kappa shape index (κ1) is 20.5. The van der Waals surface area contributed by atoms with E-state index in [0.29, 0.717) is 19.7 Å². The molecule has 1 atom stereocenters. The molecule has 0 aromatic heterocycles. The van der Waals surface area contributed by atoms with Crippen molar-refractivity contribution in [1.82, 2.24) is 9.62 Å². The van der Waals surface area contributed by atoms with Crippen molar-refractivity contribution in [3.63, 3.8) is 0 Å². The number of hydrogen-bond donors (Lipinski definition) is 1. The summed E-state index contributed by atoms with van der Waals surface area (Å²) in [5.41, 5.74) is 1.08. The lowest BCUT2D eigenvalue weighted by atomic mass is 10.1. The minimum atomic E-state index is -4.00. The summed E-state index contributed by atoms with van der Waals surface area (Å²) < 4.78 is 48.2. The van der Waals surface area contributed by atoms with E-state index in [0.717, 1.165) is 35.0 Å². The Hall–Kier alpha value is -1.81. The van der Waals surface area contributed by atoms with Gasteiger partial charge in [0.15, 0.2) is 0 Å². The summed E-state index contributed by atoms with van der Waals surface area (Å²) in [6, 6.07) is 11.0. The van der Waals surface area contributed by atoms with E-state index in [-0.39, 0.29) is 23.6 Å². The number of rotatable bonds is 5.